The fourth-order valence-electron chi connectivity index (χ4n) is 1.92. The molecule has 3 rings (SSSR count). The molecule has 0 aromatic heterocycles. The van der Waals surface area contributed by atoms with E-state index in [0.717, 1.165) is 20.7 Å². The van der Waals surface area contributed by atoms with E-state index in [4.69, 9.17) is 0 Å². The van der Waals surface area contributed by atoms with Gasteiger partial charge in [0.1, 0.15) is 5.70 Å². The highest BCUT2D eigenvalue weighted by Crippen LogP contribution is 2.20. The normalized spacial score (nSPS) is 23.1. The molecule has 1 radical (unpaired) electrons. The predicted octanol–water partition coefficient (Wildman–Crippen LogP) is -0.378. The van der Waals surface area contributed by atoms with Gasteiger partial charge in [-0.2, -0.15) is 5.06 Å². The van der Waals surface area contributed by atoms with E-state index in [-0.39, 0.29) is 12.4 Å². The van der Waals surface area contributed by atoms with Gasteiger partial charge >= 0.3 is 0 Å². The van der Waals surface area contributed by atoms with Gasteiger partial charge in [-0.15, -0.1) is 0 Å². The molecule has 16 heavy (non-hydrogen) atoms. The van der Waals surface area contributed by atoms with E-state index in [1.807, 2.05) is 30.3 Å². The van der Waals surface area contributed by atoms with Gasteiger partial charge in [0.2, 0.25) is 0 Å². The first-order valence-corrected chi connectivity index (χ1v) is 5.06. The van der Waals surface area contributed by atoms with Crippen molar-refractivity contribution in [3.8, 4) is 0 Å². The first-order chi connectivity index (χ1) is 7.75. The Morgan fingerprint density at radius 3 is 2.75 bits per heavy atom. The van der Waals surface area contributed by atoms with Crippen LogP contribution in [0, 0.1) is 0 Å². The molecule has 5 heteroatoms. The lowest BCUT2D eigenvalue weighted by Gasteiger charge is -2.12. The number of benzene rings is 1. The minimum atomic E-state index is 0.233. The molecule has 0 unspecified atom stereocenters. The molecular formula is C11H10N3O2. The van der Waals surface area contributed by atoms with Gasteiger partial charge in [-0.05, 0) is 12.1 Å². The summed E-state index contributed by atoms with van der Waals surface area (Å²) in [6.45, 7) is 0.594. The molecule has 0 aliphatic carbocycles. The lowest BCUT2D eigenvalue weighted by atomic mass is 10.3. The molecule has 1 N–H and O–H groups in total. The second kappa shape index (κ2) is 3.33. The van der Waals surface area contributed by atoms with Crippen LogP contribution in [0.1, 0.15) is 0 Å². The topological polar surface area (TPSA) is 59.0 Å². The van der Waals surface area contributed by atoms with Crippen molar-refractivity contribution >= 4 is 6.08 Å². The maximum absolute atomic E-state index is 11.5. The van der Waals surface area contributed by atoms with Crippen LogP contribution in [-0.4, -0.2) is 28.4 Å². The maximum Gasteiger partial charge on any atom is 0.181 e. The molecule has 0 spiro atoms. The van der Waals surface area contributed by atoms with E-state index in [1.54, 1.807) is 0 Å². The Kier molecular flexibility index (Phi) is 1.95. The average molecular weight is 216 g/mol. The second-order valence-electron chi connectivity index (χ2n) is 3.75. The third kappa shape index (κ3) is 1.30. The van der Waals surface area contributed by atoms with Gasteiger partial charge in [-0.3, -0.25) is 5.21 Å². The first kappa shape index (κ1) is 9.38. The predicted molar refractivity (Wildman–Crippen MR) is 54.6 cm³/mol. The number of para-hydroxylation sites is 1. The molecule has 0 saturated carbocycles. The summed E-state index contributed by atoms with van der Waals surface area (Å²) in [6, 6.07) is 7.62. The monoisotopic (exact) mass is 216 g/mol. The Hall–Kier alpha value is -1.85. The van der Waals surface area contributed by atoms with E-state index in [9.17, 15) is 10.4 Å². The highest BCUT2D eigenvalue weighted by Gasteiger charge is 2.27. The summed E-state index contributed by atoms with van der Waals surface area (Å²) in [6.07, 6.45) is 1.81. The highest BCUT2D eigenvalue weighted by atomic mass is 16.6. The van der Waals surface area contributed by atoms with Gasteiger partial charge in [0, 0.05) is 5.22 Å². The fourth-order valence-corrected chi connectivity index (χ4v) is 1.92. The summed E-state index contributed by atoms with van der Waals surface area (Å²) in [5.74, 6) is 0.233. The van der Waals surface area contributed by atoms with Crippen molar-refractivity contribution in [3.05, 3.63) is 46.4 Å². The van der Waals surface area contributed by atoms with E-state index in [2.05, 4.69) is 4.99 Å². The van der Waals surface area contributed by atoms with Gasteiger partial charge in [-0.25, -0.2) is 10.1 Å². The van der Waals surface area contributed by atoms with Gasteiger partial charge in [0.15, 0.2) is 5.82 Å². The van der Waals surface area contributed by atoms with E-state index in [1.165, 1.54) is 0 Å². The summed E-state index contributed by atoms with van der Waals surface area (Å²) in [5, 5.41) is 24.6. The molecule has 0 bridgehead atoms. The number of rotatable bonds is 0. The van der Waals surface area contributed by atoms with Gasteiger partial charge < -0.3 is 0 Å². The SMILES string of the molecule is [O]N1CCN(O)/C1=C1\C=c2ccccc2=N1. The zero-order valence-corrected chi connectivity index (χ0v) is 8.50. The Bertz CT molecular complexity index is 530. The van der Waals surface area contributed by atoms with Crippen molar-refractivity contribution in [1.82, 2.24) is 10.1 Å². The minimum Gasteiger partial charge on any atom is -0.287 e. The largest absolute Gasteiger partial charge is 0.287 e. The molecule has 5 nitrogen and oxygen atoms in total. The summed E-state index contributed by atoms with van der Waals surface area (Å²) in [7, 11) is 0. The fraction of sp³-hybridized carbons (Fsp3) is 0.182. The molecule has 2 aliphatic heterocycles. The standard InChI is InChI=1S/C11H10N3O2/c15-13-5-6-14(16)11(13)10-7-8-3-1-2-4-9(8)12-10/h1-4,7,15H,5-6H2/b11-10-. The quantitative estimate of drug-likeness (QED) is 0.643. The van der Waals surface area contributed by atoms with Crippen LogP contribution in [0.5, 0.6) is 0 Å². The van der Waals surface area contributed by atoms with Crippen LogP contribution in [0.15, 0.2) is 40.8 Å². The summed E-state index contributed by atoms with van der Waals surface area (Å²) >= 11 is 0. The Morgan fingerprint density at radius 2 is 2.06 bits per heavy atom. The van der Waals surface area contributed by atoms with E-state index >= 15 is 0 Å². The molecule has 1 aromatic rings. The molecular weight excluding hydrogens is 206 g/mol. The van der Waals surface area contributed by atoms with Crippen molar-refractivity contribution in [1.29, 1.82) is 0 Å². The highest BCUT2D eigenvalue weighted by molar-refractivity contribution is 5.51. The van der Waals surface area contributed by atoms with Crippen molar-refractivity contribution in [2.75, 3.05) is 13.1 Å². The Morgan fingerprint density at radius 1 is 1.25 bits per heavy atom. The van der Waals surface area contributed by atoms with Gasteiger partial charge in [0.05, 0.1) is 18.4 Å². The third-order valence-electron chi connectivity index (χ3n) is 2.69. The number of allylic oxidation sites excluding steroid dienone is 1. The van der Waals surface area contributed by atoms with Crippen LogP contribution in [-0.2, 0) is 5.21 Å². The van der Waals surface area contributed by atoms with E-state index < -0.39 is 0 Å². The number of hydroxylamine groups is 4. The van der Waals surface area contributed by atoms with Crippen LogP contribution in [0.2, 0.25) is 0 Å². The molecule has 0 atom stereocenters. The smallest absolute Gasteiger partial charge is 0.181 e. The molecule has 1 fully saturated rings. The Labute approximate surface area is 91.8 Å². The van der Waals surface area contributed by atoms with Gasteiger partial charge in [0.25, 0.3) is 0 Å². The van der Waals surface area contributed by atoms with E-state index in [0.29, 0.717) is 12.2 Å². The van der Waals surface area contributed by atoms with Crippen LogP contribution >= 0.6 is 0 Å². The Balaban J connectivity index is 2.19. The molecule has 1 aromatic carbocycles. The molecule has 81 valence electrons. The summed E-state index contributed by atoms with van der Waals surface area (Å²) in [4.78, 5) is 4.32. The molecule has 2 aliphatic rings. The number of hydrogen-bond donors (Lipinski definition) is 1. The van der Waals surface area contributed by atoms with Crippen molar-refractivity contribution in [3.63, 3.8) is 0 Å². The van der Waals surface area contributed by atoms with Gasteiger partial charge in [-0.1, -0.05) is 23.4 Å². The summed E-state index contributed by atoms with van der Waals surface area (Å²) in [5.41, 5.74) is 0.524. The van der Waals surface area contributed by atoms with Crippen LogP contribution in [0.25, 0.3) is 6.08 Å². The maximum atomic E-state index is 11.5. The molecule has 2 heterocycles. The lowest BCUT2D eigenvalue weighted by molar-refractivity contribution is -0.138. The summed E-state index contributed by atoms with van der Waals surface area (Å²) < 4.78 is 0. The van der Waals surface area contributed by atoms with Crippen LogP contribution in [0.3, 0.4) is 0 Å². The molecule has 0 amide bonds. The second-order valence-corrected chi connectivity index (χ2v) is 3.75. The van der Waals surface area contributed by atoms with Crippen molar-refractivity contribution in [2.24, 2.45) is 4.99 Å². The zero-order chi connectivity index (χ0) is 11.1. The van der Waals surface area contributed by atoms with Crippen molar-refractivity contribution < 1.29 is 10.4 Å². The minimum absolute atomic E-state index is 0.233. The number of fused-ring (bicyclic) bond motifs is 1. The van der Waals surface area contributed by atoms with Crippen LogP contribution < -0.4 is 10.6 Å². The number of nitrogens with zero attached hydrogens (tertiary/aromatic N) is 3. The van der Waals surface area contributed by atoms with Crippen molar-refractivity contribution in [2.45, 2.75) is 0 Å². The molecule has 1 saturated heterocycles. The van der Waals surface area contributed by atoms with Crippen LogP contribution in [0.4, 0.5) is 0 Å². The average Bonchev–Trinajstić information content (AvgIpc) is 2.82. The number of hydrogen-bond acceptors (Lipinski definition) is 4. The zero-order valence-electron chi connectivity index (χ0n) is 8.50. The third-order valence-corrected chi connectivity index (χ3v) is 2.69. The lowest BCUT2D eigenvalue weighted by Crippen LogP contribution is -2.19. The first-order valence-electron chi connectivity index (χ1n) is 5.06.